The summed E-state index contributed by atoms with van der Waals surface area (Å²) in [6, 6.07) is 11.7. The fraction of sp³-hybridized carbons (Fsp3) is 0.167. The number of carboxylic acids is 1. The summed E-state index contributed by atoms with van der Waals surface area (Å²) >= 11 is 6.00. The molecule has 0 fully saturated rings. The van der Waals surface area contributed by atoms with Crippen LogP contribution in [0, 0.1) is 0 Å². The molecule has 6 heteroatoms. The van der Waals surface area contributed by atoms with Gasteiger partial charge in [-0.3, -0.25) is 9.36 Å². The second-order valence-corrected chi connectivity index (χ2v) is 5.81. The Morgan fingerprint density at radius 1 is 1.25 bits per heavy atom. The zero-order valence-corrected chi connectivity index (χ0v) is 13.7. The Morgan fingerprint density at radius 3 is 2.71 bits per heavy atom. The maximum Gasteiger partial charge on any atom is 0.335 e. The highest BCUT2D eigenvalue weighted by molar-refractivity contribution is 6.31. The lowest BCUT2D eigenvalue weighted by Gasteiger charge is -2.13. The lowest BCUT2D eigenvalue weighted by atomic mass is 10.0. The summed E-state index contributed by atoms with van der Waals surface area (Å²) in [5.74, 6) is -0.481. The molecule has 24 heavy (non-hydrogen) atoms. The number of aromatic carboxylic acids is 1. The molecule has 0 bridgehead atoms. The lowest BCUT2D eigenvalue weighted by molar-refractivity contribution is 0.0696. The van der Waals surface area contributed by atoms with Gasteiger partial charge in [0.2, 0.25) is 0 Å². The Kier molecular flexibility index (Phi) is 4.36. The van der Waals surface area contributed by atoms with Crippen LogP contribution in [0.15, 0.2) is 47.3 Å². The molecule has 0 spiro atoms. The van der Waals surface area contributed by atoms with Crippen LogP contribution in [0.2, 0.25) is 5.02 Å². The molecule has 3 rings (SSSR count). The van der Waals surface area contributed by atoms with Gasteiger partial charge in [-0.1, -0.05) is 29.8 Å². The highest BCUT2D eigenvalue weighted by Crippen LogP contribution is 2.18. The predicted molar refractivity (Wildman–Crippen MR) is 92.9 cm³/mol. The van der Waals surface area contributed by atoms with Crippen molar-refractivity contribution in [2.75, 3.05) is 0 Å². The van der Waals surface area contributed by atoms with Crippen LogP contribution in [-0.4, -0.2) is 20.6 Å². The van der Waals surface area contributed by atoms with E-state index >= 15 is 0 Å². The Hall–Kier alpha value is -2.66. The van der Waals surface area contributed by atoms with Crippen LogP contribution in [0.1, 0.15) is 28.7 Å². The smallest absolute Gasteiger partial charge is 0.335 e. The number of nitrogens with zero attached hydrogens (tertiary/aromatic N) is 2. The molecular formula is C18H15ClN2O3. The molecule has 0 atom stereocenters. The summed E-state index contributed by atoms with van der Waals surface area (Å²) in [6.07, 6.45) is 0.258. The second-order valence-electron chi connectivity index (χ2n) is 5.38. The van der Waals surface area contributed by atoms with E-state index in [1.165, 1.54) is 0 Å². The third-order valence-electron chi connectivity index (χ3n) is 3.91. The standard InChI is InChI=1S/C18H15ClN2O3/c1-2-21-16(9-11-5-3-4-6-13(11)18(23)24)20-15-10-12(19)7-8-14(15)17(21)22/h3-8,10H,2,9H2,1H3,(H,23,24). The monoisotopic (exact) mass is 342 g/mol. The van der Waals surface area contributed by atoms with E-state index in [4.69, 9.17) is 11.6 Å². The molecule has 122 valence electrons. The van der Waals surface area contributed by atoms with E-state index in [9.17, 15) is 14.7 Å². The molecule has 0 unspecified atom stereocenters. The van der Waals surface area contributed by atoms with Crippen LogP contribution in [0.3, 0.4) is 0 Å². The minimum absolute atomic E-state index is 0.151. The van der Waals surface area contributed by atoms with Gasteiger partial charge in [0.1, 0.15) is 5.82 Å². The van der Waals surface area contributed by atoms with Crippen molar-refractivity contribution in [2.45, 2.75) is 19.9 Å². The normalized spacial score (nSPS) is 10.9. The van der Waals surface area contributed by atoms with Gasteiger partial charge in [0.15, 0.2) is 0 Å². The molecule has 1 N–H and O–H groups in total. The molecule has 2 aromatic carbocycles. The summed E-state index contributed by atoms with van der Waals surface area (Å²) in [5.41, 5.74) is 1.18. The van der Waals surface area contributed by atoms with Crippen molar-refractivity contribution in [1.29, 1.82) is 0 Å². The predicted octanol–water partition coefficient (Wildman–Crippen LogP) is 3.36. The number of halogens is 1. The highest BCUT2D eigenvalue weighted by atomic mass is 35.5. The molecule has 1 aromatic heterocycles. The van der Waals surface area contributed by atoms with Crippen molar-refractivity contribution >= 4 is 28.5 Å². The van der Waals surface area contributed by atoms with Crippen LogP contribution in [0.5, 0.6) is 0 Å². The zero-order valence-electron chi connectivity index (χ0n) is 13.0. The van der Waals surface area contributed by atoms with Crippen LogP contribution >= 0.6 is 11.6 Å². The van der Waals surface area contributed by atoms with Crippen LogP contribution in [0.25, 0.3) is 10.9 Å². The van der Waals surface area contributed by atoms with E-state index in [0.29, 0.717) is 33.9 Å². The maximum atomic E-state index is 12.7. The number of benzene rings is 2. The summed E-state index contributed by atoms with van der Waals surface area (Å²) in [4.78, 5) is 28.6. The number of hydrogen-bond acceptors (Lipinski definition) is 3. The first-order valence-electron chi connectivity index (χ1n) is 7.51. The molecule has 0 aliphatic rings. The Bertz CT molecular complexity index is 995. The fourth-order valence-electron chi connectivity index (χ4n) is 2.75. The van der Waals surface area contributed by atoms with Crippen LogP contribution in [-0.2, 0) is 13.0 Å². The van der Waals surface area contributed by atoms with Gasteiger partial charge < -0.3 is 5.11 Å². The first kappa shape index (κ1) is 16.2. The van der Waals surface area contributed by atoms with Crippen molar-refractivity contribution in [2.24, 2.45) is 0 Å². The van der Waals surface area contributed by atoms with E-state index in [1.807, 2.05) is 6.92 Å². The molecule has 3 aromatic rings. The number of fused-ring (bicyclic) bond motifs is 1. The molecule has 0 radical (unpaired) electrons. The van der Waals surface area contributed by atoms with Gasteiger partial charge in [-0.25, -0.2) is 9.78 Å². The van der Waals surface area contributed by atoms with Gasteiger partial charge in [0.25, 0.3) is 5.56 Å². The molecular weight excluding hydrogens is 328 g/mol. The molecule has 0 aliphatic heterocycles. The zero-order chi connectivity index (χ0) is 17.3. The SMILES string of the molecule is CCn1c(Cc2ccccc2C(=O)O)nc2cc(Cl)ccc2c1=O. The number of aromatic nitrogens is 2. The van der Waals surface area contributed by atoms with E-state index in [-0.39, 0.29) is 17.5 Å². The van der Waals surface area contributed by atoms with Gasteiger partial charge >= 0.3 is 5.97 Å². The van der Waals surface area contributed by atoms with E-state index in [1.54, 1.807) is 47.0 Å². The Morgan fingerprint density at radius 2 is 2.00 bits per heavy atom. The van der Waals surface area contributed by atoms with Gasteiger partial charge in [-0.15, -0.1) is 0 Å². The fourth-order valence-corrected chi connectivity index (χ4v) is 2.92. The first-order valence-corrected chi connectivity index (χ1v) is 7.89. The molecule has 5 nitrogen and oxygen atoms in total. The second kappa shape index (κ2) is 6.45. The van der Waals surface area contributed by atoms with E-state index in [0.717, 1.165) is 0 Å². The van der Waals surface area contributed by atoms with Crippen molar-refractivity contribution in [3.05, 3.63) is 74.8 Å². The third-order valence-corrected chi connectivity index (χ3v) is 4.14. The van der Waals surface area contributed by atoms with Gasteiger partial charge in [0.05, 0.1) is 16.5 Å². The molecule has 0 saturated carbocycles. The van der Waals surface area contributed by atoms with Crippen LogP contribution < -0.4 is 5.56 Å². The quantitative estimate of drug-likeness (QED) is 0.789. The topological polar surface area (TPSA) is 72.2 Å². The Balaban J connectivity index is 2.19. The average molecular weight is 343 g/mol. The van der Waals surface area contributed by atoms with Crippen molar-refractivity contribution in [1.82, 2.24) is 9.55 Å². The van der Waals surface area contributed by atoms with Gasteiger partial charge in [0, 0.05) is 18.0 Å². The van der Waals surface area contributed by atoms with Crippen molar-refractivity contribution in [3.8, 4) is 0 Å². The highest BCUT2D eigenvalue weighted by Gasteiger charge is 2.15. The van der Waals surface area contributed by atoms with Crippen molar-refractivity contribution in [3.63, 3.8) is 0 Å². The van der Waals surface area contributed by atoms with Gasteiger partial charge in [-0.2, -0.15) is 0 Å². The minimum atomic E-state index is -1.00. The molecule has 0 amide bonds. The molecule has 1 heterocycles. The number of carboxylic acid groups (broad SMARTS) is 1. The summed E-state index contributed by atoms with van der Waals surface area (Å²) in [7, 11) is 0. The third kappa shape index (κ3) is 2.90. The van der Waals surface area contributed by atoms with E-state index in [2.05, 4.69) is 4.98 Å². The Labute approximate surface area is 143 Å². The van der Waals surface area contributed by atoms with E-state index < -0.39 is 5.97 Å². The first-order chi connectivity index (χ1) is 11.5. The van der Waals surface area contributed by atoms with Crippen molar-refractivity contribution < 1.29 is 9.90 Å². The average Bonchev–Trinajstić information content (AvgIpc) is 2.55. The number of rotatable bonds is 4. The molecule has 0 saturated heterocycles. The molecule has 0 aliphatic carbocycles. The maximum absolute atomic E-state index is 12.7. The number of hydrogen-bond donors (Lipinski definition) is 1. The number of carbonyl (C=O) groups is 1. The summed E-state index contributed by atoms with van der Waals surface area (Å²) in [5, 5.41) is 10.3. The summed E-state index contributed by atoms with van der Waals surface area (Å²) in [6.45, 7) is 2.31. The van der Waals surface area contributed by atoms with Crippen LogP contribution in [0.4, 0.5) is 0 Å². The summed E-state index contributed by atoms with van der Waals surface area (Å²) < 4.78 is 1.56. The lowest BCUT2D eigenvalue weighted by Crippen LogP contribution is -2.25. The van der Waals surface area contributed by atoms with Gasteiger partial charge in [-0.05, 0) is 36.8 Å². The largest absolute Gasteiger partial charge is 0.478 e. The minimum Gasteiger partial charge on any atom is -0.478 e.